The zero-order chi connectivity index (χ0) is 15.4. The van der Waals surface area contributed by atoms with E-state index in [-0.39, 0.29) is 5.75 Å². The number of anilines is 4. The molecule has 0 aliphatic heterocycles. The maximum atomic E-state index is 13.7. The van der Waals surface area contributed by atoms with Crippen molar-refractivity contribution in [3.63, 3.8) is 0 Å². The molecular formula is C16H20FN3O. The van der Waals surface area contributed by atoms with E-state index in [1.807, 2.05) is 50.2 Å². The lowest BCUT2D eigenvalue weighted by molar-refractivity contribution is 0.322. The van der Waals surface area contributed by atoms with Crippen molar-refractivity contribution in [2.45, 2.75) is 6.92 Å². The van der Waals surface area contributed by atoms with E-state index in [2.05, 4.69) is 5.32 Å². The molecule has 0 unspecified atom stereocenters. The highest BCUT2D eigenvalue weighted by Crippen LogP contribution is 2.31. The molecule has 0 aliphatic rings. The van der Waals surface area contributed by atoms with Crippen LogP contribution in [0.2, 0.25) is 0 Å². The van der Waals surface area contributed by atoms with E-state index in [0.717, 1.165) is 11.4 Å². The summed E-state index contributed by atoms with van der Waals surface area (Å²) in [4.78, 5) is 2.02. The summed E-state index contributed by atoms with van der Waals surface area (Å²) in [5.74, 6) is -0.262. The van der Waals surface area contributed by atoms with Crippen molar-refractivity contribution in [1.82, 2.24) is 0 Å². The second-order valence-corrected chi connectivity index (χ2v) is 4.87. The molecule has 0 saturated carbocycles. The van der Waals surface area contributed by atoms with Crippen molar-refractivity contribution in [1.29, 1.82) is 0 Å². The van der Waals surface area contributed by atoms with Crippen LogP contribution in [0.25, 0.3) is 0 Å². The Balaban J connectivity index is 2.24. The molecule has 4 nitrogen and oxygen atoms in total. The highest BCUT2D eigenvalue weighted by atomic mass is 19.1. The average molecular weight is 289 g/mol. The number of rotatable bonds is 5. The van der Waals surface area contributed by atoms with Crippen LogP contribution in [0.3, 0.4) is 0 Å². The van der Waals surface area contributed by atoms with Gasteiger partial charge in [0.2, 0.25) is 0 Å². The highest BCUT2D eigenvalue weighted by molar-refractivity contribution is 5.74. The highest BCUT2D eigenvalue weighted by Gasteiger charge is 2.09. The molecule has 0 heterocycles. The van der Waals surface area contributed by atoms with Gasteiger partial charge in [0.25, 0.3) is 0 Å². The second-order valence-electron chi connectivity index (χ2n) is 4.87. The van der Waals surface area contributed by atoms with E-state index in [0.29, 0.717) is 18.0 Å². The lowest BCUT2D eigenvalue weighted by Gasteiger charge is -2.15. The Bertz CT molecular complexity index is 612. The van der Waals surface area contributed by atoms with E-state index in [9.17, 15) is 4.39 Å². The third kappa shape index (κ3) is 3.56. The van der Waals surface area contributed by atoms with Crippen LogP contribution in [-0.4, -0.2) is 20.7 Å². The summed E-state index contributed by atoms with van der Waals surface area (Å²) in [5.41, 5.74) is 8.79. The first-order valence-corrected chi connectivity index (χ1v) is 6.77. The molecule has 0 aromatic heterocycles. The van der Waals surface area contributed by atoms with Gasteiger partial charge in [-0.3, -0.25) is 0 Å². The minimum absolute atomic E-state index is 0.194. The molecule has 3 N–H and O–H groups in total. The van der Waals surface area contributed by atoms with Gasteiger partial charge < -0.3 is 20.7 Å². The van der Waals surface area contributed by atoms with Gasteiger partial charge in [-0.1, -0.05) is 0 Å². The number of nitrogens with one attached hydrogen (secondary N) is 1. The fourth-order valence-corrected chi connectivity index (χ4v) is 1.94. The normalized spacial score (nSPS) is 10.3. The molecule has 0 fully saturated rings. The number of nitrogens with two attached hydrogens (primary N) is 1. The van der Waals surface area contributed by atoms with E-state index in [1.165, 1.54) is 6.07 Å². The number of halogens is 1. The molecule has 0 amide bonds. The monoisotopic (exact) mass is 289 g/mol. The van der Waals surface area contributed by atoms with Gasteiger partial charge in [0.1, 0.15) is 0 Å². The largest absolute Gasteiger partial charge is 0.491 e. The first-order chi connectivity index (χ1) is 10.0. The summed E-state index contributed by atoms with van der Waals surface area (Å²) >= 11 is 0. The predicted molar refractivity (Wildman–Crippen MR) is 86.0 cm³/mol. The van der Waals surface area contributed by atoms with Crippen molar-refractivity contribution in [3.05, 3.63) is 42.2 Å². The molecule has 0 aliphatic carbocycles. The summed E-state index contributed by atoms with van der Waals surface area (Å²) in [6.45, 7) is 2.21. The number of ether oxygens (including phenoxy) is 1. The number of hydrogen-bond donors (Lipinski definition) is 2. The first-order valence-electron chi connectivity index (χ1n) is 6.77. The van der Waals surface area contributed by atoms with Crippen molar-refractivity contribution in [2.75, 3.05) is 36.7 Å². The van der Waals surface area contributed by atoms with Crippen LogP contribution in [0, 0.1) is 5.82 Å². The Labute approximate surface area is 124 Å². The zero-order valence-electron chi connectivity index (χ0n) is 12.5. The first kappa shape index (κ1) is 15.0. The zero-order valence-corrected chi connectivity index (χ0v) is 12.5. The van der Waals surface area contributed by atoms with Gasteiger partial charge in [-0.05, 0) is 31.2 Å². The minimum Gasteiger partial charge on any atom is -0.491 e. The van der Waals surface area contributed by atoms with Crippen LogP contribution in [-0.2, 0) is 0 Å². The number of nitrogens with zero attached hydrogens (tertiary/aromatic N) is 1. The molecule has 0 saturated heterocycles. The van der Waals surface area contributed by atoms with E-state index in [1.54, 1.807) is 6.07 Å². The summed E-state index contributed by atoms with van der Waals surface area (Å²) < 4.78 is 18.9. The summed E-state index contributed by atoms with van der Waals surface area (Å²) in [6, 6.07) is 10.7. The van der Waals surface area contributed by atoms with Gasteiger partial charge in [0, 0.05) is 37.6 Å². The third-order valence-electron chi connectivity index (χ3n) is 3.07. The molecular weight excluding hydrogens is 269 g/mol. The molecule has 112 valence electrons. The maximum Gasteiger partial charge on any atom is 0.167 e. The quantitative estimate of drug-likeness (QED) is 0.825. The van der Waals surface area contributed by atoms with Gasteiger partial charge in [-0.2, -0.15) is 0 Å². The van der Waals surface area contributed by atoms with Crippen molar-refractivity contribution < 1.29 is 9.13 Å². The van der Waals surface area contributed by atoms with Crippen LogP contribution in [0.4, 0.5) is 27.1 Å². The molecule has 0 bridgehead atoms. The standard InChI is InChI=1S/C16H20FN3O/c1-4-21-16-10-15(14(18)9-13(16)17)19-11-5-7-12(8-6-11)20(2)3/h5-10,19H,4,18H2,1-3H3. The van der Waals surface area contributed by atoms with Crippen molar-refractivity contribution in [2.24, 2.45) is 0 Å². The Morgan fingerprint density at radius 3 is 2.43 bits per heavy atom. The van der Waals surface area contributed by atoms with Gasteiger partial charge in [0.15, 0.2) is 11.6 Å². The lowest BCUT2D eigenvalue weighted by atomic mass is 10.2. The van der Waals surface area contributed by atoms with Crippen LogP contribution in [0.5, 0.6) is 5.75 Å². The molecule has 2 aromatic carbocycles. The molecule has 0 atom stereocenters. The maximum absolute atomic E-state index is 13.7. The van der Waals surface area contributed by atoms with Crippen LogP contribution < -0.4 is 20.7 Å². The van der Waals surface area contributed by atoms with E-state index in [4.69, 9.17) is 10.5 Å². The number of hydrogen-bond acceptors (Lipinski definition) is 4. The summed E-state index contributed by atoms with van der Waals surface area (Å²) in [5, 5.41) is 3.17. The van der Waals surface area contributed by atoms with Gasteiger partial charge in [-0.25, -0.2) is 4.39 Å². The van der Waals surface area contributed by atoms with Crippen LogP contribution in [0.1, 0.15) is 6.92 Å². The molecule has 21 heavy (non-hydrogen) atoms. The van der Waals surface area contributed by atoms with Crippen LogP contribution >= 0.6 is 0 Å². The predicted octanol–water partition coefficient (Wildman–Crippen LogP) is 3.62. The fraction of sp³-hybridized carbons (Fsp3) is 0.250. The van der Waals surface area contributed by atoms with E-state index < -0.39 is 5.82 Å². The number of benzene rings is 2. The Kier molecular flexibility index (Phi) is 4.52. The Morgan fingerprint density at radius 1 is 1.19 bits per heavy atom. The molecule has 2 rings (SSSR count). The molecule has 0 radical (unpaired) electrons. The summed E-state index contributed by atoms with van der Waals surface area (Å²) in [7, 11) is 3.96. The topological polar surface area (TPSA) is 50.5 Å². The summed E-state index contributed by atoms with van der Waals surface area (Å²) in [6.07, 6.45) is 0. The second kappa shape index (κ2) is 6.35. The fourth-order valence-electron chi connectivity index (χ4n) is 1.94. The van der Waals surface area contributed by atoms with Gasteiger partial charge in [0.05, 0.1) is 18.0 Å². The van der Waals surface area contributed by atoms with Crippen LogP contribution in [0.15, 0.2) is 36.4 Å². The average Bonchev–Trinajstić information content (AvgIpc) is 2.45. The number of nitrogen functional groups attached to an aromatic ring is 1. The minimum atomic E-state index is -0.456. The van der Waals surface area contributed by atoms with Gasteiger partial charge >= 0.3 is 0 Å². The molecule has 5 heteroatoms. The van der Waals surface area contributed by atoms with Gasteiger partial charge in [-0.15, -0.1) is 0 Å². The Hall–Kier alpha value is -2.43. The van der Waals surface area contributed by atoms with Crippen molar-refractivity contribution in [3.8, 4) is 5.75 Å². The smallest absolute Gasteiger partial charge is 0.167 e. The Morgan fingerprint density at radius 2 is 1.86 bits per heavy atom. The van der Waals surface area contributed by atoms with E-state index >= 15 is 0 Å². The third-order valence-corrected chi connectivity index (χ3v) is 3.07. The molecule has 0 spiro atoms. The lowest BCUT2D eigenvalue weighted by Crippen LogP contribution is -2.08. The molecule has 2 aromatic rings. The van der Waals surface area contributed by atoms with Crippen molar-refractivity contribution >= 4 is 22.7 Å². The SMILES string of the molecule is CCOc1cc(Nc2ccc(N(C)C)cc2)c(N)cc1F.